The van der Waals surface area contributed by atoms with Gasteiger partial charge in [0, 0.05) is 6.07 Å². The normalized spacial score (nSPS) is 10.4. The summed E-state index contributed by atoms with van der Waals surface area (Å²) >= 11 is 2.94. The third-order valence-corrected chi connectivity index (χ3v) is 3.14. The smallest absolute Gasteiger partial charge is 0.258 e. The molecule has 0 saturated heterocycles. The number of halogens is 4. The summed E-state index contributed by atoms with van der Waals surface area (Å²) in [4.78, 5) is 11.9. The molecule has 20 heavy (non-hydrogen) atoms. The van der Waals surface area contributed by atoms with Crippen molar-refractivity contribution in [1.82, 2.24) is 0 Å². The molecule has 3 N–H and O–H groups in total. The van der Waals surface area contributed by atoms with Gasteiger partial charge >= 0.3 is 0 Å². The van der Waals surface area contributed by atoms with Crippen molar-refractivity contribution in [2.75, 3.05) is 11.1 Å². The SMILES string of the molecule is Nc1cc(NC(=O)c2cccc(Br)c2F)c(F)cc1F. The summed E-state index contributed by atoms with van der Waals surface area (Å²) in [6, 6.07) is 5.58. The van der Waals surface area contributed by atoms with Crippen molar-refractivity contribution in [2.45, 2.75) is 0 Å². The van der Waals surface area contributed by atoms with E-state index in [1.165, 1.54) is 18.2 Å². The van der Waals surface area contributed by atoms with Crippen LogP contribution >= 0.6 is 15.9 Å². The van der Waals surface area contributed by atoms with Gasteiger partial charge in [-0.3, -0.25) is 4.79 Å². The van der Waals surface area contributed by atoms with Gasteiger partial charge in [-0.15, -0.1) is 0 Å². The van der Waals surface area contributed by atoms with Crippen molar-refractivity contribution in [3.8, 4) is 0 Å². The molecule has 0 spiro atoms. The van der Waals surface area contributed by atoms with Gasteiger partial charge in [0.05, 0.1) is 21.4 Å². The summed E-state index contributed by atoms with van der Waals surface area (Å²) in [5, 5.41) is 2.14. The fourth-order valence-electron chi connectivity index (χ4n) is 1.53. The molecule has 2 aromatic rings. The van der Waals surface area contributed by atoms with Gasteiger partial charge in [0.15, 0.2) is 0 Å². The second-order valence-corrected chi connectivity index (χ2v) is 4.76. The van der Waals surface area contributed by atoms with Gasteiger partial charge in [-0.25, -0.2) is 13.2 Å². The summed E-state index contributed by atoms with van der Waals surface area (Å²) < 4.78 is 40.3. The number of amides is 1. The van der Waals surface area contributed by atoms with E-state index in [2.05, 4.69) is 21.2 Å². The Balaban J connectivity index is 2.33. The quantitative estimate of drug-likeness (QED) is 0.816. The summed E-state index contributed by atoms with van der Waals surface area (Å²) in [5.74, 6) is -3.58. The molecule has 1 amide bonds. The highest BCUT2D eigenvalue weighted by Crippen LogP contribution is 2.23. The lowest BCUT2D eigenvalue weighted by atomic mass is 10.2. The Morgan fingerprint density at radius 2 is 1.85 bits per heavy atom. The second-order valence-electron chi connectivity index (χ2n) is 3.91. The largest absolute Gasteiger partial charge is 0.396 e. The average Bonchev–Trinajstić information content (AvgIpc) is 2.39. The van der Waals surface area contributed by atoms with E-state index in [4.69, 9.17) is 5.73 Å². The van der Waals surface area contributed by atoms with Crippen molar-refractivity contribution in [3.63, 3.8) is 0 Å². The molecule has 0 radical (unpaired) electrons. The van der Waals surface area contributed by atoms with Crippen LogP contribution in [0.2, 0.25) is 0 Å². The zero-order chi connectivity index (χ0) is 14.9. The molecule has 3 nitrogen and oxygen atoms in total. The lowest BCUT2D eigenvalue weighted by molar-refractivity contribution is 0.102. The predicted octanol–water partition coefficient (Wildman–Crippen LogP) is 3.70. The van der Waals surface area contributed by atoms with Crippen LogP contribution in [0.4, 0.5) is 24.5 Å². The standard InChI is InChI=1S/C13H8BrF3N2O/c14-7-3-1-2-6(12(7)17)13(20)19-11-5-10(18)8(15)4-9(11)16/h1-5H,18H2,(H,19,20). The highest BCUT2D eigenvalue weighted by Gasteiger charge is 2.16. The molecular weight excluding hydrogens is 337 g/mol. The lowest BCUT2D eigenvalue weighted by Gasteiger charge is -2.09. The fraction of sp³-hybridized carbons (Fsp3) is 0. The maximum absolute atomic E-state index is 13.7. The van der Waals surface area contributed by atoms with Crippen molar-refractivity contribution in [3.05, 3.63) is 57.8 Å². The predicted molar refractivity (Wildman–Crippen MR) is 72.8 cm³/mol. The van der Waals surface area contributed by atoms with E-state index in [1.807, 2.05) is 0 Å². The summed E-state index contributed by atoms with van der Waals surface area (Å²) in [6.45, 7) is 0. The van der Waals surface area contributed by atoms with Crippen LogP contribution in [0.5, 0.6) is 0 Å². The Bertz CT molecular complexity index is 692. The van der Waals surface area contributed by atoms with E-state index in [-0.39, 0.29) is 21.4 Å². The Hall–Kier alpha value is -2.02. The average molecular weight is 345 g/mol. The van der Waals surface area contributed by atoms with Crippen LogP contribution in [0.15, 0.2) is 34.8 Å². The van der Waals surface area contributed by atoms with Gasteiger partial charge in [-0.05, 0) is 34.1 Å². The first kappa shape index (κ1) is 14.4. The molecule has 2 aromatic carbocycles. The Labute approximate surface area is 120 Å². The molecular formula is C13H8BrF3N2O. The molecule has 0 aromatic heterocycles. The molecule has 0 atom stereocenters. The van der Waals surface area contributed by atoms with E-state index < -0.39 is 23.4 Å². The van der Waals surface area contributed by atoms with Crippen LogP contribution in [-0.4, -0.2) is 5.91 Å². The van der Waals surface area contributed by atoms with Gasteiger partial charge in [0.1, 0.15) is 17.5 Å². The molecule has 0 aliphatic heterocycles. The van der Waals surface area contributed by atoms with Crippen LogP contribution < -0.4 is 11.1 Å². The molecule has 7 heteroatoms. The van der Waals surface area contributed by atoms with E-state index >= 15 is 0 Å². The van der Waals surface area contributed by atoms with Crippen LogP contribution in [0.25, 0.3) is 0 Å². The number of rotatable bonds is 2. The first-order valence-corrected chi connectivity index (χ1v) is 6.19. The summed E-state index contributed by atoms with van der Waals surface area (Å²) in [5.41, 5.74) is 4.36. The lowest BCUT2D eigenvalue weighted by Crippen LogP contribution is -2.15. The fourth-order valence-corrected chi connectivity index (χ4v) is 1.90. The monoisotopic (exact) mass is 344 g/mol. The first-order valence-electron chi connectivity index (χ1n) is 5.40. The molecule has 2 rings (SSSR count). The summed E-state index contributed by atoms with van der Waals surface area (Å²) in [7, 11) is 0. The Kier molecular flexibility index (Phi) is 3.99. The number of hydrogen-bond acceptors (Lipinski definition) is 2. The van der Waals surface area contributed by atoms with E-state index in [1.54, 1.807) is 0 Å². The molecule has 0 aliphatic carbocycles. The van der Waals surface area contributed by atoms with Gasteiger partial charge in [0.25, 0.3) is 5.91 Å². The molecule has 104 valence electrons. The van der Waals surface area contributed by atoms with Crippen LogP contribution in [-0.2, 0) is 0 Å². The van der Waals surface area contributed by atoms with E-state index in [0.717, 1.165) is 6.07 Å². The zero-order valence-electron chi connectivity index (χ0n) is 9.88. The number of carbonyl (C=O) groups excluding carboxylic acids is 1. The third-order valence-electron chi connectivity index (χ3n) is 2.53. The van der Waals surface area contributed by atoms with Crippen molar-refractivity contribution in [2.24, 2.45) is 0 Å². The van der Waals surface area contributed by atoms with Gasteiger partial charge in [-0.2, -0.15) is 0 Å². The van der Waals surface area contributed by atoms with Crippen molar-refractivity contribution in [1.29, 1.82) is 0 Å². The van der Waals surface area contributed by atoms with Crippen LogP contribution in [0, 0.1) is 17.5 Å². The second kappa shape index (κ2) is 5.54. The van der Waals surface area contributed by atoms with Gasteiger partial charge in [-0.1, -0.05) is 6.07 Å². The van der Waals surface area contributed by atoms with Gasteiger partial charge in [0.2, 0.25) is 0 Å². The summed E-state index contributed by atoms with van der Waals surface area (Å²) in [6.07, 6.45) is 0. The Morgan fingerprint density at radius 3 is 2.55 bits per heavy atom. The van der Waals surface area contributed by atoms with Crippen LogP contribution in [0.3, 0.4) is 0 Å². The number of carbonyl (C=O) groups is 1. The number of nitrogens with one attached hydrogen (secondary N) is 1. The minimum absolute atomic E-state index is 0.101. The van der Waals surface area contributed by atoms with Crippen molar-refractivity contribution >= 4 is 33.2 Å². The molecule has 0 saturated carbocycles. The molecule has 0 unspecified atom stereocenters. The number of nitrogens with two attached hydrogens (primary N) is 1. The number of anilines is 2. The third kappa shape index (κ3) is 2.77. The van der Waals surface area contributed by atoms with E-state index in [0.29, 0.717) is 6.07 Å². The molecule has 0 bridgehead atoms. The minimum Gasteiger partial charge on any atom is -0.396 e. The molecule has 0 heterocycles. The Morgan fingerprint density at radius 1 is 1.15 bits per heavy atom. The molecule has 0 aliphatic rings. The number of benzene rings is 2. The van der Waals surface area contributed by atoms with Gasteiger partial charge < -0.3 is 11.1 Å². The van der Waals surface area contributed by atoms with Crippen LogP contribution in [0.1, 0.15) is 10.4 Å². The maximum Gasteiger partial charge on any atom is 0.258 e. The highest BCUT2D eigenvalue weighted by atomic mass is 79.9. The maximum atomic E-state index is 13.7. The molecule has 0 fully saturated rings. The topological polar surface area (TPSA) is 55.1 Å². The zero-order valence-corrected chi connectivity index (χ0v) is 11.5. The van der Waals surface area contributed by atoms with Crippen molar-refractivity contribution < 1.29 is 18.0 Å². The number of hydrogen-bond donors (Lipinski definition) is 2. The minimum atomic E-state index is -1.000. The highest BCUT2D eigenvalue weighted by molar-refractivity contribution is 9.10. The van der Waals surface area contributed by atoms with E-state index in [9.17, 15) is 18.0 Å². The number of nitrogen functional groups attached to an aromatic ring is 1. The first-order chi connectivity index (χ1) is 9.40.